The summed E-state index contributed by atoms with van der Waals surface area (Å²) in [6, 6.07) is 24.8. The van der Waals surface area contributed by atoms with Crippen molar-refractivity contribution in [2.45, 2.75) is 0 Å². The van der Waals surface area contributed by atoms with Gasteiger partial charge in [0.1, 0.15) is 11.0 Å². The number of carbonyl (C=O) groups excluding carboxylic acids is 1. The molecule has 4 nitrogen and oxygen atoms in total. The summed E-state index contributed by atoms with van der Waals surface area (Å²) in [6.07, 6.45) is 3.75. The Labute approximate surface area is 188 Å². The summed E-state index contributed by atoms with van der Waals surface area (Å²) in [5, 5.41) is 11.5. The van der Waals surface area contributed by atoms with E-state index in [0.717, 1.165) is 27.4 Å². The van der Waals surface area contributed by atoms with Crippen LogP contribution in [-0.2, 0) is 0 Å². The van der Waals surface area contributed by atoms with E-state index in [9.17, 15) is 4.79 Å². The van der Waals surface area contributed by atoms with Gasteiger partial charge in [0, 0.05) is 16.0 Å². The molecular formula is C25H15Cl2N3O. The lowest BCUT2D eigenvalue weighted by Crippen LogP contribution is -2.02. The molecule has 0 aliphatic heterocycles. The zero-order valence-corrected chi connectivity index (χ0v) is 17.7. The number of fused-ring (bicyclic) bond motifs is 3. The van der Waals surface area contributed by atoms with Crippen LogP contribution in [0.5, 0.6) is 0 Å². The van der Waals surface area contributed by atoms with Gasteiger partial charge in [0.15, 0.2) is 0 Å². The monoisotopic (exact) mass is 443 g/mol. The molecule has 0 spiro atoms. The minimum Gasteiger partial charge on any atom is -0.276 e. The van der Waals surface area contributed by atoms with E-state index in [-0.39, 0.29) is 0 Å². The average Bonchev–Trinajstić information content (AvgIpc) is 3.23. The second-order valence-corrected chi connectivity index (χ2v) is 7.85. The Morgan fingerprint density at radius 1 is 0.871 bits per heavy atom. The summed E-state index contributed by atoms with van der Waals surface area (Å²) < 4.78 is 0. The summed E-state index contributed by atoms with van der Waals surface area (Å²) in [7, 11) is 0. The predicted molar refractivity (Wildman–Crippen MR) is 127 cm³/mol. The van der Waals surface area contributed by atoms with E-state index >= 15 is 0 Å². The third kappa shape index (κ3) is 3.83. The highest BCUT2D eigenvalue weighted by atomic mass is 35.5. The molecule has 5 aromatic rings. The molecule has 0 amide bonds. The maximum absolute atomic E-state index is 12.1. The molecule has 0 bridgehead atoms. The minimum atomic E-state index is -0.542. The quantitative estimate of drug-likeness (QED) is 0.227. The molecule has 0 saturated carbocycles. The first-order valence-electron chi connectivity index (χ1n) is 9.61. The molecule has 31 heavy (non-hydrogen) atoms. The standard InChI is InChI=1S/C25H15Cl2N3O/c26-19-11-6-16(7-12-19)5-8-18-9-13-20(15-22(18)25(27)31)30-28-23-14-10-17-3-1-2-4-21(17)24(23)29-30/h1-15H. The lowest BCUT2D eigenvalue weighted by Gasteiger charge is -2.05. The SMILES string of the molecule is O=C(Cl)c1cc(-n2nc3ccc4ccccc4c3n2)ccc1C=Cc1ccc(Cl)cc1. The van der Waals surface area contributed by atoms with E-state index in [1.165, 1.54) is 4.80 Å². The highest BCUT2D eigenvalue weighted by Crippen LogP contribution is 2.25. The molecule has 0 fully saturated rings. The van der Waals surface area contributed by atoms with Gasteiger partial charge < -0.3 is 0 Å². The Kier molecular flexibility index (Phi) is 5.02. The molecule has 5 rings (SSSR count). The number of benzene rings is 4. The fraction of sp³-hybridized carbons (Fsp3) is 0. The van der Waals surface area contributed by atoms with E-state index in [2.05, 4.69) is 10.2 Å². The maximum Gasteiger partial charge on any atom is 0.253 e. The van der Waals surface area contributed by atoms with Crippen molar-refractivity contribution in [1.29, 1.82) is 0 Å². The first-order chi connectivity index (χ1) is 15.1. The summed E-state index contributed by atoms with van der Waals surface area (Å²) in [6.45, 7) is 0. The van der Waals surface area contributed by atoms with Crippen LogP contribution in [0.2, 0.25) is 5.02 Å². The van der Waals surface area contributed by atoms with Gasteiger partial charge in [-0.25, -0.2) is 0 Å². The van der Waals surface area contributed by atoms with Crippen LogP contribution in [0.25, 0.3) is 39.6 Å². The van der Waals surface area contributed by atoms with Crippen LogP contribution in [0.4, 0.5) is 0 Å². The summed E-state index contributed by atoms with van der Waals surface area (Å²) in [5.74, 6) is 0. The number of hydrogen-bond acceptors (Lipinski definition) is 3. The van der Waals surface area contributed by atoms with Crippen molar-refractivity contribution >= 4 is 62.4 Å². The van der Waals surface area contributed by atoms with Gasteiger partial charge in [-0.15, -0.1) is 10.2 Å². The molecular weight excluding hydrogens is 429 g/mol. The molecule has 0 aliphatic carbocycles. The van der Waals surface area contributed by atoms with Crippen molar-refractivity contribution in [3.8, 4) is 5.69 Å². The van der Waals surface area contributed by atoms with Crippen LogP contribution in [0, 0.1) is 0 Å². The number of halogens is 2. The molecule has 0 radical (unpaired) electrons. The molecule has 1 heterocycles. The molecule has 0 unspecified atom stereocenters. The molecule has 0 N–H and O–H groups in total. The third-order valence-corrected chi connectivity index (χ3v) is 5.54. The molecule has 4 aromatic carbocycles. The van der Waals surface area contributed by atoms with Crippen LogP contribution in [0.1, 0.15) is 21.5 Å². The Morgan fingerprint density at radius 3 is 2.48 bits per heavy atom. The average molecular weight is 444 g/mol. The minimum absolute atomic E-state index is 0.385. The van der Waals surface area contributed by atoms with Crippen molar-refractivity contribution in [3.05, 3.63) is 101 Å². The highest BCUT2D eigenvalue weighted by Gasteiger charge is 2.13. The van der Waals surface area contributed by atoms with Gasteiger partial charge in [-0.1, -0.05) is 72.3 Å². The largest absolute Gasteiger partial charge is 0.276 e. The summed E-state index contributed by atoms with van der Waals surface area (Å²) in [4.78, 5) is 13.7. The zero-order valence-electron chi connectivity index (χ0n) is 16.2. The topological polar surface area (TPSA) is 47.8 Å². The van der Waals surface area contributed by atoms with Crippen LogP contribution in [0.15, 0.2) is 78.9 Å². The second kappa shape index (κ2) is 7.99. The van der Waals surface area contributed by atoms with Crippen molar-refractivity contribution in [2.24, 2.45) is 0 Å². The number of nitrogens with zero attached hydrogens (tertiary/aromatic N) is 3. The van der Waals surface area contributed by atoms with Gasteiger partial charge in [0.2, 0.25) is 0 Å². The lowest BCUT2D eigenvalue weighted by atomic mass is 10.1. The number of hydrogen-bond donors (Lipinski definition) is 0. The summed E-state index contributed by atoms with van der Waals surface area (Å²) in [5.41, 5.74) is 4.31. The van der Waals surface area contributed by atoms with Gasteiger partial charge in [0.05, 0.1) is 5.69 Å². The normalized spacial score (nSPS) is 11.5. The maximum atomic E-state index is 12.1. The zero-order chi connectivity index (χ0) is 21.4. The molecule has 6 heteroatoms. The van der Waals surface area contributed by atoms with E-state index in [1.54, 1.807) is 6.07 Å². The van der Waals surface area contributed by atoms with Crippen LogP contribution in [-0.4, -0.2) is 20.2 Å². The Hall–Kier alpha value is -3.47. The Bertz CT molecular complexity index is 1470. The molecule has 0 atom stereocenters. The molecule has 1 aromatic heterocycles. The second-order valence-electron chi connectivity index (χ2n) is 7.07. The molecule has 150 valence electrons. The number of carbonyl (C=O) groups is 1. The van der Waals surface area contributed by atoms with Crippen molar-refractivity contribution < 1.29 is 4.79 Å². The first kappa shape index (κ1) is 19.5. The lowest BCUT2D eigenvalue weighted by molar-refractivity contribution is 0.108. The van der Waals surface area contributed by atoms with Gasteiger partial charge in [-0.3, -0.25) is 4.79 Å². The Morgan fingerprint density at radius 2 is 1.68 bits per heavy atom. The van der Waals surface area contributed by atoms with Gasteiger partial charge in [0.25, 0.3) is 5.24 Å². The van der Waals surface area contributed by atoms with E-state index in [0.29, 0.717) is 21.8 Å². The van der Waals surface area contributed by atoms with E-state index in [1.807, 2.05) is 84.9 Å². The van der Waals surface area contributed by atoms with E-state index in [4.69, 9.17) is 23.2 Å². The number of rotatable bonds is 4. The van der Waals surface area contributed by atoms with Crippen molar-refractivity contribution in [3.63, 3.8) is 0 Å². The molecule has 0 aliphatic rings. The predicted octanol–water partition coefficient (Wildman–Crippen LogP) is 6.78. The van der Waals surface area contributed by atoms with Crippen molar-refractivity contribution in [2.75, 3.05) is 0 Å². The van der Waals surface area contributed by atoms with Gasteiger partial charge in [-0.2, -0.15) is 4.80 Å². The fourth-order valence-electron chi connectivity index (χ4n) is 3.51. The van der Waals surface area contributed by atoms with Crippen LogP contribution >= 0.6 is 23.2 Å². The first-order valence-corrected chi connectivity index (χ1v) is 10.4. The van der Waals surface area contributed by atoms with Crippen molar-refractivity contribution in [1.82, 2.24) is 15.0 Å². The smallest absolute Gasteiger partial charge is 0.253 e. The molecule has 0 saturated heterocycles. The summed E-state index contributed by atoms with van der Waals surface area (Å²) >= 11 is 11.8. The van der Waals surface area contributed by atoms with Crippen LogP contribution < -0.4 is 0 Å². The fourth-order valence-corrected chi connectivity index (χ4v) is 3.80. The van der Waals surface area contributed by atoms with Gasteiger partial charge in [-0.05, 0) is 58.4 Å². The number of aromatic nitrogens is 3. The van der Waals surface area contributed by atoms with Crippen LogP contribution in [0.3, 0.4) is 0 Å². The third-order valence-electron chi connectivity index (χ3n) is 5.08. The Balaban J connectivity index is 1.56. The highest BCUT2D eigenvalue weighted by molar-refractivity contribution is 6.68. The van der Waals surface area contributed by atoms with Gasteiger partial charge >= 0.3 is 0 Å². The van der Waals surface area contributed by atoms with E-state index < -0.39 is 5.24 Å².